The van der Waals surface area contributed by atoms with Gasteiger partial charge in [-0.2, -0.15) is 0 Å². The fourth-order valence-electron chi connectivity index (χ4n) is 6.84. The molecule has 2 atom stereocenters. The number of hydrogen-bond acceptors (Lipinski definition) is 13. The molecule has 4 amide bonds. The van der Waals surface area contributed by atoms with Crippen molar-refractivity contribution in [2.45, 2.75) is 116 Å². The van der Waals surface area contributed by atoms with Gasteiger partial charge in [-0.1, -0.05) is 30.7 Å². The Hall–Kier alpha value is -6.81. The van der Waals surface area contributed by atoms with Gasteiger partial charge in [0.2, 0.25) is 11.8 Å². The molecule has 0 radical (unpaired) electrons. The minimum Gasteiger partial charge on any atom is -0.508 e. The molecule has 67 heavy (non-hydrogen) atoms. The van der Waals surface area contributed by atoms with Crippen LogP contribution in [-0.4, -0.2) is 150 Å². The van der Waals surface area contributed by atoms with Gasteiger partial charge in [0, 0.05) is 76.1 Å². The first kappa shape index (κ1) is 56.3. The molecular formula is C45H64N6O16. The van der Waals surface area contributed by atoms with Crippen LogP contribution in [0.4, 0.5) is 4.79 Å². The van der Waals surface area contributed by atoms with Gasteiger partial charge in [-0.15, -0.1) is 0 Å². The SMILES string of the molecule is CC(=O)CCC(NC(=O)NC(CCCCNC(=O)CCCCCNC(=O)CCc1ccc(O)c(CN(CCN(CC(=O)O)Cc2cc(CCC(=O)O)ccc2O)CC(=O)O)c1)C(=O)O)C(=O)O. The Morgan fingerprint density at radius 3 is 1.46 bits per heavy atom. The van der Waals surface area contributed by atoms with E-state index in [-0.39, 0.29) is 107 Å². The number of aryl methyl sites for hydroxylation is 2. The molecule has 0 fully saturated rings. The lowest BCUT2D eigenvalue weighted by Gasteiger charge is -2.26. The smallest absolute Gasteiger partial charge is 0.326 e. The highest BCUT2D eigenvalue weighted by molar-refractivity contribution is 5.86. The predicted molar refractivity (Wildman–Crippen MR) is 239 cm³/mol. The van der Waals surface area contributed by atoms with Gasteiger partial charge in [-0.25, -0.2) is 14.4 Å². The van der Waals surface area contributed by atoms with E-state index in [4.69, 9.17) is 5.11 Å². The maximum absolute atomic E-state index is 12.6. The van der Waals surface area contributed by atoms with Crippen molar-refractivity contribution in [3.05, 3.63) is 58.7 Å². The Labute approximate surface area is 387 Å². The number of rotatable bonds is 35. The second-order valence-electron chi connectivity index (χ2n) is 16.2. The van der Waals surface area contributed by atoms with Crippen LogP contribution >= 0.6 is 0 Å². The molecule has 0 aliphatic heterocycles. The third kappa shape index (κ3) is 24.9. The maximum Gasteiger partial charge on any atom is 0.326 e. The summed E-state index contributed by atoms with van der Waals surface area (Å²) in [6.07, 6.45) is 3.20. The number of phenols is 2. The zero-order chi connectivity index (χ0) is 49.9. The van der Waals surface area contributed by atoms with Crippen LogP contribution in [0.3, 0.4) is 0 Å². The lowest BCUT2D eigenvalue weighted by atomic mass is 10.0. The van der Waals surface area contributed by atoms with Crippen molar-refractivity contribution in [2.24, 2.45) is 0 Å². The van der Waals surface area contributed by atoms with Crippen molar-refractivity contribution in [2.75, 3.05) is 39.3 Å². The van der Waals surface area contributed by atoms with Gasteiger partial charge in [0.1, 0.15) is 29.4 Å². The fraction of sp³-hybridized carbons (Fsp3) is 0.533. The number of aromatic hydroxyl groups is 2. The first-order valence-electron chi connectivity index (χ1n) is 22.0. The van der Waals surface area contributed by atoms with Crippen molar-refractivity contribution < 1.29 is 78.9 Å². The molecule has 2 aromatic carbocycles. The number of ketones is 1. The number of aliphatic carboxylic acids is 5. The maximum atomic E-state index is 12.6. The van der Waals surface area contributed by atoms with E-state index in [1.807, 2.05) is 0 Å². The molecule has 0 heterocycles. The first-order valence-corrected chi connectivity index (χ1v) is 22.0. The van der Waals surface area contributed by atoms with Crippen LogP contribution < -0.4 is 21.3 Å². The van der Waals surface area contributed by atoms with Crippen LogP contribution in [0, 0.1) is 0 Å². The number of hydrogen-bond donors (Lipinski definition) is 11. The molecule has 0 bridgehead atoms. The quantitative estimate of drug-likeness (QED) is 0.0441. The normalized spacial score (nSPS) is 11.9. The Balaban J connectivity index is 1.75. The topological polar surface area (TPSA) is 350 Å². The number of carboxylic acids is 5. The molecule has 2 aromatic rings. The second kappa shape index (κ2) is 30.4. The summed E-state index contributed by atoms with van der Waals surface area (Å²) in [5, 5.41) is 78.0. The molecular weight excluding hydrogens is 881 g/mol. The number of benzene rings is 2. The van der Waals surface area contributed by atoms with E-state index >= 15 is 0 Å². The average Bonchev–Trinajstić information content (AvgIpc) is 3.24. The number of carboxylic acid groups (broad SMARTS) is 5. The third-order valence-corrected chi connectivity index (χ3v) is 10.4. The summed E-state index contributed by atoms with van der Waals surface area (Å²) in [6.45, 7) is 1.20. The van der Waals surface area contributed by atoms with E-state index in [1.165, 1.54) is 28.9 Å². The average molecular weight is 945 g/mol. The van der Waals surface area contributed by atoms with Crippen LogP contribution in [-0.2, 0) is 64.3 Å². The van der Waals surface area contributed by atoms with Crippen LogP contribution in [0.5, 0.6) is 11.5 Å². The molecule has 0 saturated carbocycles. The third-order valence-electron chi connectivity index (χ3n) is 10.4. The summed E-state index contributed by atoms with van der Waals surface area (Å²) < 4.78 is 0. The fourth-order valence-corrected chi connectivity index (χ4v) is 6.84. The molecule has 11 N–H and O–H groups in total. The van der Waals surface area contributed by atoms with E-state index in [9.17, 15) is 73.8 Å². The highest BCUT2D eigenvalue weighted by atomic mass is 16.4. The lowest BCUT2D eigenvalue weighted by molar-refractivity contribution is -0.140. The van der Waals surface area contributed by atoms with Gasteiger partial charge in [-0.3, -0.25) is 33.8 Å². The Morgan fingerprint density at radius 1 is 0.537 bits per heavy atom. The summed E-state index contributed by atoms with van der Waals surface area (Å²) in [6, 6.07) is 5.73. The Bertz CT molecular complexity index is 2010. The van der Waals surface area contributed by atoms with Gasteiger partial charge in [0.05, 0.1) is 13.1 Å². The van der Waals surface area contributed by atoms with Gasteiger partial charge in [0.15, 0.2) is 0 Å². The molecule has 0 aromatic heterocycles. The number of nitrogens with zero attached hydrogens (tertiary/aromatic N) is 2. The van der Waals surface area contributed by atoms with Crippen LogP contribution in [0.2, 0.25) is 0 Å². The van der Waals surface area contributed by atoms with E-state index in [0.29, 0.717) is 67.3 Å². The number of amides is 4. The molecule has 22 nitrogen and oxygen atoms in total. The second-order valence-corrected chi connectivity index (χ2v) is 16.2. The van der Waals surface area contributed by atoms with Crippen molar-refractivity contribution in [3.63, 3.8) is 0 Å². The number of phenolic OH excluding ortho intramolecular Hbond substituents is 2. The number of Topliss-reactive ketones (excluding diaryl/α,β-unsaturated/α-hetero) is 1. The van der Waals surface area contributed by atoms with E-state index in [1.54, 1.807) is 24.3 Å². The lowest BCUT2D eigenvalue weighted by Crippen LogP contribution is -2.51. The number of carbonyl (C=O) groups is 9. The Morgan fingerprint density at radius 2 is 1.00 bits per heavy atom. The Kier molecular flexibility index (Phi) is 25.6. The van der Waals surface area contributed by atoms with Crippen LogP contribution in [0.25, 0.3) is 0 Å². The van der Waals surface area contributed by atoms with Crippen LogP contribution in [0.1, 0.15) is 99.8 Å². The summed E-state index contributed by atoms with van der Waals surface area (Å²) in [5.41, 5.74) is 2.13. The monoisotopic (exact) mass is 944 g/mol. The number of unbranched alkanes of at least 4 members (excludes halogenated alkanes) is 3. The summed E-state index contributed by atoms with van der Waals surface area (Å²) in [7, 11) is 0. The van der Waals surface area contributed by atoms with Crippen molar-refractivity contribution in [1.29, 1.82) is 0 Å². The van der Waals surface area contributed by atoms with Crippen LogP contribution in [0.15, 0.2) is 36.4 Å². The standard InChI is InChI=1S/C45H64N6O16/c1-29(52)9-14-35(44(65)66)49-45(67)48-34(43(63)64)7-4-6-20-46-38(55)8-3-2-5-19-47-39(56)17-12-30-10-15-36(53)32(23-30)25-50(27-41(59)60)21-22-51(28-42(61)62)26-33-24-31(11-16-37(33)54)13-18-40(57)58/h10-11,15-16,23-24,34-35,53-54H,2-9,12-14,17-22,25-28H2,1H3,(H,46,55)(H,47,56)(H,57,58)(H,59,60)(H,61,62)(H,63,64)(H,65,66)(H2,48,49,67). The van der Waals surface area contributed by atoms with E-state index < -0.39 is 61.1 Å². The molecule has 0 aliphatic rings. The minimum atomic E-state index is -1.36. The van der Waals surface area contributed by atoms with Crippen molar-refractivity contribution >= 4 is 53.5 Å². The molecule has 370 valence electrons. The van der Waals surface area contributed by atoms with E-state index in [0.717, 1.165) is 0 Å². The highest BCUT2D eigenvalue weighted by Gasteiger charge is 2.25. The zero-order valence-electron chi connectivity index (χ0n) is 37.7. The molecule has 2 rings (SSSR count). The van der Waals surface area contributed by atoms with Gasteiger partial charge in [-0.05, 0) is 81.5 Å². The van der Waals surface area contributed by atoms with Gasteiger partial charge in [0.25, 0.3) is 0 Å². The van der Waals surface area contributed by atoms with E-state index in [2.05, 4.69) is 21.3 Å². The minimum absolute atomic E-state index is 0.00954. The molecule has 22 heteroatoms. The number of nitrogens with one attached hydrogen (secondary N) is 4. The van der Waals surface area contributed by atoms with Gasteiger partial charge < -0.3 is 61.8 Å². The summed E-state index contributed by atoms with van der Waals surface area (Å²) in [5.74, 6) is -6.83. The summed E-state index contributed by atoms with van der Waals surface area (Å²) in [4.78, 5) is 109. The van der Waals surface area contributed by atoms with Crippen molar-refractivity contribution in [1.82, 2.24) is 31.1 Å². The number of carbonyl (C=O) groups excluding carboxylic acids is 4. The highest BCUT2D eigenvalue weighted by Crippen LogP contribution is 2.23. The summed E-state index contributed by atoms with van der Waals surface area (Å²) >= 11 is 0. The van der Waals surface area contributed by atoms with Gasteiger partial charge >= 0.3 is 35.9 Å². The number of urea groups is 1. The largest absolute Gasteiger partial charge is 0.508 e. The molecule has 0 spiro atoms. The first-order chi connectivity index (χ1) is 31.7. The molecule has 0 aliphatic carbocycles. The predicted octanol–water partition coefficient (Wildman–Crippen LogP) is 2.06. The zero-order valence-corrected chi connectivity index (χ0v) is 37.7. The molecule has 0 saturated heterocycles. The van der Waals surface area contributed by atoms with Crippen molar-refractivity contribution in [3.8, 4) is 11.5 Å². The molecule has 2 unspecified atom stereocenters.